The molecule has 0 amide bonds. The number of carbonyl (C=O) groups excluding carboxylic acids is 3. The summed E-state index contributed by atoms with van der Waals surface area (Å²) < 4.78 is 39.6. The molecular weight excluding hydrogens is 1020 g/mol. The standard InChI is InChI=1S/C68H119O11P/c1-4-7-10-13-16-19-22-25-28-30-32-34-37-39-42-45-48-51-54-57-66(70)75-61-65(79-68(72)59-56-53-50-47-44-41-38-35-33-31-29-26-23-20-17-14-11-8-5-2)63-77-80(73,74)76-62-64(60-69)78-67(71)58-55-52-49-46-43-40-36-27-24-21-18-15-12-9-6-3/h7,10,16,19,25,27-28,32,34,36,39,42,48,51,64-65,69H,4-6,8-9,11-15,17-18,20-24,26,29-31,33,35,37-38,40-41,43-47,49-50,52-63H2,1-3H3,(H,73,74)/b10-7-,19-16-,28-25-,34-32-,36-27-,42-39-,51-48-. The predicted molar refractivity (Wildman–Crippen MR) is 334 cm³/mol. The summed E-state index contributed by atoms with van der Waals surface area (Å²) in [4.78, 5) is 48.7. The molecule has 0 spiro atoms. The number of phosphoric acid groups is 1. The maximum absolute atomic E-state index is 13.0. The highest BCUT2D eigenvalue weighted by Gasteiger charge is 2.28. The fraction of sp³-hybridized carbons (Fsp3) is 0.750. The van der Waals surface area contributed by atoms with Gasteiger partial charge in [-0.2, -0.15) is 0 Å². The third kappa shape index (κ3) is 59.3. The van der Waals surface area contributed by atoms with Crippen molar-refractivity contribution in [3.8, 4) is 0 Å². The third-order valence-corrected chi connectivity index (χ3v) is 14.8. The largest absolute Gasteiger partial charge is 0.472 e. The van der Waals surface area contributed by atoms with Crippen LogP contribution in [0.15, 0.2) is 85.1 Å². The molecule has 3 unspecified atom stereocenters. The number of rotatable bonds is 60. The van der Waals surface area contributed by atoms with Gasteiger partial charge < -0.3 is 24.2 Å². The monoisotopic (exact) mass is 1140 g/mol. The topological polar surface area (TPSA) is 155 Å². The molecule has 0 aliphatic carbocycles. The molecule has 0 saturated carbocycles. The molecule has 0 bridgehead atoms. The zero-order valence-electron chi connectivity index (χ0n) is 51.3. The van der Waals surface area contributed by atoms with Crippen LogP contribution in [0.1, 0.15) is 290 Å². The van der Waals surface area contributed by atoms with Gasteiger partial charge in [-0.3, -0.25) is 23.4 Å². The maximum atomic E-state index is 13.0. The molecule has 0 aliphatic heterocycles. The fourth-order valence-electron chi connectivity index (χ4n) is 8.91. The second-order valence-corrected chi connectivity index (χ2v) is 23.0. The van der Waals surface area contributed by atoms with Gasteiger partial charge in [0.2, 0.25) is 0 Å². The first kappa shape index (κ1) is 76.7. The first-order valence-electron chi connectivity index (χ1n) is 32.5. The molecule has 80 heavy (non-hydrogen) atoms. The second-order valence-electron chi connectivity index (χ2n) is 21.6. The van der Waals surface area contributed by atoms with Crippen LogP contribution in [0.3, 0.4) is 0 Å². The SMILES string of the molecule is CC/C=C\C/C=C\C/C=C\C/C=C\C/C=C\C/C=C\CCC(=O)OCC(COP(=O)(O)OCC(CO)OC(=O)CCCCCCC/C=C\CCCCCCCC)OC(=O)CCCCCCCCCCCCCCCCCCCCC. The highest BCUT2D eigenvalue weighted by molar-refractivity contribution is 7.47. The summed E-state index contributed by atoms with van der Waals surface area (Å²) in [6, 6.07) is 0. The number of ether oxygens (including phenoxy) is 3. The number of carbonyl (C=O) groups is 3. The molecule has 3 atom stereocenters. The molecule has 0 heterocycles. The number of unbranched alkanes of at least 4 members (excludes halogenated alkanes) is 29. The zero-order valence-corrected chi connectivity index (χ0v) is 52.2. The van der Waals surface area contributed by atoms with Crippen molar-refractivity contribution >= 4 is 25.7 Å². The predicted octanol–water partition coefficient (Wildman–Crippen LogP) is 19.8. The summed E-state index contributed by atoms with van der Waals surface area (Å²) in [5, 5.41) is 9.85. The number of esters is 3. The zero-order chi connectivity index (χ0) is 58.3. The quantitative estimate of drug-likeness (QED) is 0.0197. The molecule has 0 aromatic carbocycles. The first-order chi connectivity index (χ1) is 39.2. The molecule has 0 saturated heterocycles. The Morgan fingerprint density at radius 2 is 0.675 bits per heavy atom. The van der Waals surface area contributed by atoms with Crippen molar-refractivity contribution in [3.63, 3.8) is 0 Å². The van der Waals surface area contributed by atoms with Gasteiger partial charge in [-0.25, -0.2) is 4.57 Å². The minimum atomic E-state index is -4.77. The van der Waals surface area contributed by atoms with Crippen molar-refractivity contribution in [1.82, 2.24) is 0 Å². The lowest BCUT2D eigenvalue weighted by Gasteiger charge is -2.21. The Morgan fingerprint density at radius 1 is 0.362 bits per heavy atom. The van der Waals surface area contributed by atoms with Gasteiger partial charge in [-0.15, -0.1) is 0 Å². The molecule has 12 heteroatoms. The first-order valence-corrected chi connectivity index (χ1v) is 34.0. The highest BCUT2D eigenvalue weighted by atomic mass is 31.2. The molecule has 0 aliphatic rings. The Labute approximate surface area is 490 Å². The van der Waals surface area contributed by atoms with E-state index in [2.05, 4.69) is 93.7 Å². The van der Waals surface area contributed by atoms with Crippen LogP contribution in [0, 0.1) is 0 Å². The Bertz CT molecular complexity index is 1670. The van der Waals surface area contributed by atoms with Crippen molar-refractivity contribution in [1.29, 1.82) is 0 Å². The summed E-state index contributed by atoms with van der Waals surface area (Å²) in [7, 11) is -4.77. The minimum absolute atomic E-state index is 0.100. The summed E-state index contributed by atoms with van der Waals surface area (Å²) in [5.74, 6) is -1.56. The smallest absolute Gasteiger partial charge is 0.462 e. The normalized spacial score (nSPS) is 13.8. The second kappa shape index (κ2) is 61.7. The van der Waals surface area contributed by atoms with Crippen molar-refractivity contribution in [2.24, 2.45) is 0 Å². The molecule has 2 N–H and O–H groups in total. The summed E-state index contributed by atoms with van der Waals surface area (Å²) in [6.07, 6.45) is 72.7. The number of allylic oxidation sites excluding steroid dienone is 14. The van der Waals surface area contributed by atoms with Gasteiger partial charge in [0.15, 0.2) is 6.10 Å². The molecule has 11 nitrogen and oxygen atoms in total. The Hall–Kier alpha value is -3.34. The van der Waals surface area contributed by atoms with E-state index in [4.69, 9.17) is 23.3 Å². The molecule has 0 rings (SSSR count). The van der Waals surface area contributed by atoms with Crippen LogP contribution in [0.5, 0.6) is 0 Å². The van der Waals surface area contributed by atoms with E-state index in [0.717, 1.165) is 96.3 Å². The summed E-state index contributed by atoms with van der Waals surface area (Å²) in [6.45, 7) is 4.48. The van der Waals surface area contributed by atoms with Crippen molar-refractivity contribution in [2.45, 2.75) is 303 Å². The van der Waals surface area contributed by atoms with Crippen LogP contribution >= 0.6 is 7.82 Å². The van der Waals surface area contributed by atoms with E-state index < -0.39 is 57.8 Å². The molecular formula is C68H119O11P. The molecule has 0 radical (unpaired) electrons. The highest BCUT2D eigenvalue weighted by Crippen LogP contribution is 2.43. The maximum Gasteiger partial charge on any atom is 0.472 e. The van der Waals surface area contributed by atoms with Gasteiger partial charge in [0.1, 0.15) is 12.7 Å². The third-order valence-electron chi connectivity index (χ3n) is 13.8. The van der Waals surface area contributed by atoms with Gasteiger partial charge in [0.05, 0.1) is 19.8 Å². The summed E-state index contributed by atoms with van der Waals surface area (Å²) in [5.41, 5.74) is 0. The average molecular weight is 1140 g/mol. The van der Waals surface area contributed by atoms with Crippen molar-refractivity contribution in [3.05, 3.63) is 85.1 Å². The summed E-state index contributed by atoms with van der Waals surface area (Å²) >= 11 is 0. The minimum Gasteiger partial charge on any atom is -0.462 e. The van der Waals surface area contributed by atoms with E-state index in [0.29, 0.717) is 19.3 Å². The van der Waals surface area contributed by atoms with E-state index in [-0.39, 0.29) is 25.9 Å². The Morgan fingerprint density at radius 3 is 1.05 bits per heavy atom. The van der Waals surface area contributed by atoms with Crippen LogP contribution in [0.2, 0.25) is 0 Å². The van der Waals surface area contributed by atoms with Crippen LogP contribution < -0.4 is 0 Å². The van der Waals surface area contributed by atoms with Gasteiger partial charge in [0, 0.05) is 19.3 Å². The molecule has 0 aromatic rings. The number of aliphatic hydroxyl groups is 1. The number of hydrogen-bond acceptors (Lipinski definition) is 10. The average Bonchev–Trinajstić information content (AvgIpc) is 3.45. The lowest BCUT2D eigenvalue weighted by atomic mass is 10.0. The van der Waals surface area contributed by atoms with Crippen LogP contribution in [0.4, 0.5) is 0 Å². The van der Waals surface area contributed by atoms with Crippen LogP contribution in [-0.4, -0.2) is 66.5 Å². The van der Waals surface area contributed by atoms with Crippen molar-refractivity contribution < 1.29 is 52.2 Å². The van der Waals surface area contributed by atoms with E-state index in [1.807, 2.05) is 12.2 Å². The molecule has 462 valence electrons. The van der Waals surface area contributed by atoms with Crippen LogP contribution in [-0.2, 0) is 42.2 Å². The number of hydrogen-bond donors (Lipinski definition) is 2. The van der Waals surface area contributed by atoms with Gasteiger partial charge in [-0.1, -0.05) is 273 Å². The van der Waals surface area contributed by atoms with E-state index in [1.165, 1.54) is 135 Å². The molecule has 0 aromatic heterocycles. The Balaban J connectivity index is 4.79. The van der Waals surface area contributed by atoms with Gasteiger partial charge in [-0.05, 0) is 83.5 Å². The number of phosphoric ester groups is 1. The van der Waals surface area contributed by atoms with Crippen molar-refractivity contribution in [2.75, 3.05) is 26.4 Å². The van der Waals surface area contributed by atoms with Gasteiger partial charge in [0.25, 0.3) is 0 Å². The van der Waals surface area contributed by atoms with Gasteiger partial charge >= 0.3 is 25.7 Å². The lowest BCUT2D eigenvalue weighted by Crippen LogP contribution is -2.30. The fourth-order valence-corrected chi connectivity index (χ4v) is 9.69. The van der Waals surface area contributed by atoms with E-state index in [1.54, 1.807) is 0 Å². The Kier molecular flexibility index (Phi) is 59.1. The van der Waals surface area contributed by atoms with E-state index >= 15 is 0 Å². The number of aliphatic hydroxyl groups excluding tert-OH is 1. The van der Waals surface area contributed by atoms with E-state index in [9.17, 15) is 28.9 Å². The lowest BCUT2D eigenvalue weighted by molar-refractivity contribution is -0.161. The molecule has 0 fully saturated rings. The van der Waals surface area contributed by atoms with Crippen LogP contribution in [0.25, 0.3) is 0 Å².